The molecular formula is C21H21FN4O. The fourth-order valence-corrected chi connectivity index (χ4v) is 4.45. The third kappa shape index (κ3) is 2.63. The molecule has 0 aliphatic carbocycles. The van der Waals surface area contributed by atoms with Crippen molar-refractivity contribution in [3.8, 4) is 17.1 Å². The average Bonchev–Trinajstić information content (AvgIpc) is 3.15. The lowest BCUT2D eigenvalue weighted by molar-refractivity contribution is 0.257. The minimum atomic E-state index is -0.241. The fraction of sp³-hybridized carbons (Fsp3) is 0.333. The van der Waals surface area contributed by atoms with Gasteiger partial charge in [0.1, 0.15) is 11.6 Å². The van der Waals surface area contributed by atoms with Crippen molar-refractivity contribution in [2.45, 2.75) is 25.8 Å². The zero-order chi connectivity index (χ0) is 18.5. The number of hydrogen-bond acceptors (Lipinski definition) is 3. The van der Waals surface area contributed by atoms with E-state index in [1.165, 1.54) is 6.07 Å². The molecule has 2 aliphatic rings. The highest BCUT2D eigenvalue weighted by Crippen LogP contribution is 2.32. The first-order chi connectivity index (χ1) is 13.1. The van der Waals surface area contributed by atoms with Gasteiger partial charge < -0.3 is 9.88 Å². The first-order valence-corrected chi connectivity index (χ1v) is 9.36. The fourth-order valence-electron chi connectivity index (χ4n) is 4.45. The predicted molar refractivity (Wildman–Crippen MR) is 102 cm³/mol. The normalized spacial score (nSPS) is 21.1. The highest BCUT2D eigenvalue weighted by molar-refractivity contribution is 5.58. The molecule has 0 amide bonds. The lowest BCUT2D eigenvalue weighted by Crippen LogP contribution is -2.45. The molecule has 3 aromatic rings. The van der Waals surface area contributed by atoms with Gasteiger partial charge in [-0.2, -0.15) is 0 Å². The quantitative estimate of drug-likeness (QED) is 0.761. The summed E-state index contributed by atoms with van der Waals surface area (Å²) in [5, 5.41) is 3.47. The Morgan fingerprint density at radius 3 is 2.96 bits per heavy atom. The van der Waals surface area contributed by atoms with E-state index in [9.17, 15) is 9.18 Å². The van der Waals surface area contributed by atoms with Gasteiger partial charge >= 0.3 is 0 Å². The summed E-state index contributed by atoms with van der Waals surface area (Å²) in [6, 6.07) is 8.88. The summed E-state index contributed by atoms with van der Waals surface area (Å²) in [5.41, 5.74) is 3.07. The number of rotatable bonds is 2. The van der Waals surface area contributed by atoms with Crippen molar-refractivity contribution < 1.29 is 4.39 Å². The predicted octanol–water partition coefficient (Wildman–Crippen LogP) is 2.86. The molecule has 0 spiro atoms. The second-order valence-corrected chi connectivity index (χ2v) is 7.60. The Bertz CT molecular complexity index is 1080. The monoisotopic (exact) mass is 364 g/mol. The zero-order valence-electron chi connectivity index (χ0n) is 15.2. The molecule has 2 aliphatic heterocycles. The van der Waals surface area contributed by atoms with Gasteiger partial charge in [-0.15, -0.1) is 0 Å². The molecule has 2 bridgehead atoms. The Hall–Kier alpha value is -2.73. The van der Waals surface area contributed by atoms with Gasteiger partial charge in [-0.25, -0.2) is 9.37 Å². The molecule has 1 N–H and O–H groups in total. The number of nitrogens with one attached hydrogen (secondary N) is 1. The molecule has 6 heteroatoms. The van der Waals surface area contributed by atoms with Crippen molar-refractivity contribution in [2.75, 3.05) is 13.1 Å². The Labute approximate surface area is 156 Å². The molecule has 1 fully saturated rings. The van der Waals surface area contributed by atoms with Gasteiger partial charge in [0.15, 0.2) is 0 Å². The highest BCUT2D eigenvalue weighted by atomic mass is 19.1. The molecule has 5 rings (SSSR count). The van der Waals surface area contributed by atoms with Crippen LogP contribution in [0.5, 0.6) is 0 Å². The molecule has 0 unspecified atom stereocenters. The standard InChI is InChI=1S/C21H21FN4O/c1-13-8-16(2-4-18(13)22)25-7-6-24-20(25)17-3-5-19-15-9-14(10-23-11-15)12-26(19)21(17)27/h2-8,14-15,23H,9-12H2,1H3/t14-,15+/m0/s1. The van der Waals surface area contributed by atoms with Gasteiger partial charge in [0.2, 0.25) is 0 Å². The van der Waals surface area contributed by atoms with Crippen LogP contribution in [0.2, 0.25) is 0 Å². The Kier molecular flexibility index (Phi) is 3.75. The van der Waals surface area contributed by atoms with E-state index in [2.05, 4.69) is 16.4 Å². The number of nitrogens with zero attached hydrogens (tertiary/aromatic N) is 3. The molecule has 2 aromatic heterocycles. The van der Waals surface area contributed by atoms with E-state index in [0.29, 0.717) is 28.8 Å². The highest BCUT2D eigenvalue weighted by Gasteiger charge is 2.31. The van der Waals surface area contributed by atoms with E-state index in [0.717, 1.165) is 37.4 Å². The van der Waals surface area contributed by atoms with Crippen molar-refractivity contribution in [1.82, 2.24) is 19.4 Å². The number of piperidine rings is 1. The van der Waals surface area contributed by atoms with Crippen molar-refractivity contribution in [2.24, 2.45) is 5.92 Å². The number of fused-ring (bicyclic) bond motifs is 4. The number of pyridine rings is 1. The average molecular weight is 364 g/mol. The Morgan fingerprint density at radius 1 is 1.22 bits per heavy atom. The van der Waals surface area contributed by atoms with Gasteiger partial charge in [-0.3, -0.25) is 9.36 Å². The van der Waals surface area contributed by atoms with E-state index in [4.69, 9.17) is 0 Å². The van der Waals surface area contributed by atoms with E-state index in [1.807, 2.05) is 21.4 Å². The van der Waals surface area contributed by atoms with Gasteiger partial charge in [0.05, 0.1) is 5.56 Å². The van der Waals surface area contributed by atoms with Crippen molar-refractivity contribution in [3.63, 3.8) is 0 Å². The molecule has 1 saturated heterocycles. The smallest absolute Gasteiger partial charge is 0.261 e. The maximum Gasteiger partial charge on any atom is 0.261 e. The van der Waals surface area contributed by atoms with Crippen LogP contribution in [0.25, 0.3) is 17.1 Å². The molecule has 0 radical (unpaired) electrons. The topological polar surface area (TPSA) is 51.9 Å². The number of hydrogen-bond donors (Lipinski definition) is 1. The minimum Gasteiger partial charge on any atom is -0.316 e. The van der Waals surface area contributed by atoms with Gasteiger partial charge in [0.25, 0.3) is 5.56 Å². The summed E-state index contributed by atoms with van der Waals surface area (Å²) >= 11 is 0. The van der Waals surface area contributed by atoms with Crippen LogP contribution in [-0.4, -0.2) is 27.2 Å². The number of aromatic nitrogens is 3. The summed E-state index contributed by atoms with van der Waals surface area (Å²) in [7, 11) is 0. The third-order valence-corrected chi connectivity index (χ3v) is 5.81. The Morgan fingerprint density at radius 2 is 2.11 bits per heavy atom. The largest absolute Gasteiger partial charge is 0.316 e. The second kappa shape index (κ2) is 6.16. The van der Waals surface area contributed by atoms with E-state index < -0.39 is 0 Å². The number of benzene rings is 1. The van der Waals surface area contributed by atoms with Crippen LogP contribution in [-0.2, 0) is 6.54 Å². The van der Waals surface area contributed by atoms with Crippen LogP contribution in [0.3, 0.4) is 0 Å². The Balaban J connectivity index is 1.63. The maximum absolute atomic E-state index is 13.6. The van der Waals surface area contributed by atoms with Crippen molar-refractivity contribution in [3.05, 3.63) is 70.2 Å². The van der Waals surface area contributed by atoms with E-state index >= 15 is 0 Å². The van der Waals surface area contributed by atoms with E-state index in [-0.39, 0.29) is 11.4 Å². The molecule has 4 heterocycles. The van der Waals surface area contributed by atoms with Gasteiger partial charge in [-0.05, 0) is 61.7 Å². The number of halogens is 1. The molecule has 1 aromatic carbocycles. The SMILES string of the molecule is Cc1cc(-n2ccnc2-c2ccc3n(c2=O)C[C@@H]2CNC[C@H]3C2)ccc1F. The summed E-state index contributed by atoms with van der Waals surface area (Å²) in [6.45, 7) is 4.38. The summed E-state index contributed by atoms with van der Waals surface area (Å²) < 4.78 is 17.4. The first kappa shape index (κ1) is 16.4. The second-order valence-electron chi connectivity index (χ2n) is 7.60. The molecule has 27 heavy (non-hydrogen) atoms. The van der Waals surface area contributed by atoms with Crippen LogP contribution in [0.15, 0.2) is 47.5 Å². The lowest BCUT2D eigenvalue weighted by Gasteiger charge is -2.37. The van der Waals surface area contributed by atoms with Gasteiger partial charge in [-0.1, -0.05) is 0 Å². The van der Waals surface area contributed by atoms with E-state index in [1.54, 1.807) is 25.3 Å². The maximum atomic E-state index is 13.6. The molecule has 5 nitrogen and oxygen atoms in total. The van der Waals surface area contributed by atoms with Crippen molar-refractivity contribution in [1.29, 1.82) is 0 Å². The number of imidazole rings is 1. The summed E-state index contributed by atoms with van der Waals surface area (Å²) in [4.78, 5) is 17.7. The van der Waals surface area contributed by atoms with Crippen LogP contribution in [0.4, 0.5) is 4.39 Å². The molecule has 2 atom stereocenters. The van der Waals surface area contributed by atoms with Crippen LogP contribution in [0, 0.1) is 18.7 Å². The summed E-state index contributed by atoms with van der Waals surface area (Å²) in [5.74, 6) is 1.26. The molecule has 0 saturated carbocycles. The minimum absolute atomic E-state index is 0.00961. The zero-order valence-corrected chi connectivity index (χ0v) is 15.2. The molecular weight excluding hydrogens is 343 g/mol. The number of aryl methyl sites for hydroxylation is 1. The van der Waals surface area contributed by atoms with Crippen LogP contribution >= 0.6 is 0 Å². The van der Waals surface area contributed by atoms with Crippen molar-refractivity contribution >= 4 is 0 Å². The van der Waals surface area contributed by atoms with Crippen LogP contribution < -0.4 is 10.9 Å². The lowest BCUT2D eigenvalue weighted by atomic mass is 9.84. The third-order valence-electron chi connectivity index (χ3n) is 5.81. The van der Waals surface area contributed by atoms with Crippen LogP contribution in [0.1, 0.15) is 23.6 Å². The van der Waals surface area contributed by atoms with Gasteiger partial charge in [0, 0.05) is 42.8 Å². The first-order valence-electron chi connectivity index (χ1n) is 9.36. The summed E-state index contributed by atoms with van der Waals surface area (Å²) in [6.07, 6.45) is 4.63. The molecule has 138 valence electrons.